The van der Waals surface area contributed by atoms with Gasteiger partial charge in [0.1, 0.15) is 12.6 Å². The highest BCUT2D eigenvalue weighted by atomic mass is 16.4. The molecule has 1 heterocycles. The second-order valence-electron chi connectivity index (χ2n) is 2.89. The molecule has 1 rings (SSSR count). The number of aliphatic carboxylic acids is 1. The third kappa shape index (κ3) is 2.17. The molecule has 0 saturated carbocycles. The summed E-state index contributed by atoms with van der Waals surface area (Å²) in [6.45, 7) is 1.69. The van der Waals surface area contributed by atoms with Gasteiger partial charge in [0.05, 0.1) is 0 Å². The van der Waals surface area contributed by atoms with Crippen LogP contribution in [0.4, 0.5) is 0 Å². The Morgan fingerprint density at radius 1 is 1.77 bits per heavy atom. The molecule has 1 amide bonds. The molecule has 0 unspecified atom stereocenters. The number of amides is 1. The van der Waals surface area contributed by atoms with Gasteiger partial charge in [0.15, 0.2) is 0 Å². The summed E-state index contributed by atoms with van der Waals surface area (Å²) in [5, 5.41) is 11.2. The molecule has 0 aromatic carbocycles. The first-order valence-electron chi connectivity index (χ1n) is 3.82. The maximum Gasteiger partial charge on any atom is 0.325 e. The molecule has 0 aliphatic carbocycles. The summed E-state index contributed by atoms with van der Waals surface area (Å²) in [6.07, 6.45) is 0. The fourth-order valence-electron chi connectivity index (χ4n) is 0.914. The molecular formula is C7H11N3O3. The largest absolute Gasteiger partial charge is 0.480 e. The Morgan fingerprint density at radius 2 is 2.38 bits per heavy atom. The predicted molar refractivity (Wildman–Crippen MR) is 45.3 cm³/mol. The van der Waals surface area contributed by atoms with E-state index < -0.39 is 12.0 Å². The minimum Gasteiger partial charge on any atom is -0.480 e. The van der Waals surface area contributed by atoms with Crippen LogP contribution < -0.4 is 5.32 Å². The Bertz CT molecular complexity index is 274. The highest BCUT2D eigenvalue weighted by molar-refractivity contribution is 6.01. The summed E-state index contributed by atoms with van der Waals surface area (Å²) >= 11 is 0. The standard InChI is InChI=1S/C7H11N3O3/c1-4(6(12)13)8-7-9-5(11)3-10(7)2/h4H,3H2,1-2H3,(H,12,13)(H,8,9,11)/t4-/m0/s1. The molecule has 1 aliphatic heterocycles. The van der Waals surface area contributed by atoms with Gasteiger partial charge in [0.25, 0.3) is 5.91 Å². The molecule has 0 aromatic rings. The molecule has 1 atom stereocenters. The van der Waals surface area contributed by atoms with Crippen LogP contribution in [0.25, 0.3) is 0 Å². The van der Waals surface area contributed by atoms with E-state index in [4.69, 9.17) is 5.11 Å². The summed E-state index contributed by atoms with van der Waals surface area (Å²) in [5.41, 5.74) is 0. The van der Waals surface area contributed by atoms with Gasteiger partial charge < -0.3 is 15.3 Å². The van der Waals surface area contributed by atoms with Gasteiger partial charge in [0.2, 0.25) is 5.96 Å². The van der Waals surface area contributed by atoms with E-state index in [0.29, 0.717) is 5.96 Å². The van der Waals surface area contributed by atoms with Gasteiger partial charge in [-0.3, -0.25) is 9.59 Å². The lowest BCUT2D eigenvalue weighted by Gasteiger charge is -2.16. The van der Waals surface area contributed by atoms with Crippen LogP contribution in [0.3, 0.4) is 0 Å². The second-order valence-corrected chi connectivity index (χ2v) is 2.89. The van der Waals surface area contributed by atoms with Gasteiger partial charge in [-0.1, -0.05) is 0 Å². The van der Waals surface area contributed by atoms with Crippen LogP contribution in [0.15, 0.2) is 4.99 Å². The number of nitrogens with one attached hydrogen (secondary N) is 1. The Kier molecular flexibility index (Phi) is 2.50. The van der Waals surface area contributed by atoms with Crippen molar-refractivity contribution in [1.29, 1.82) is 0 Å². The van der Waals surface area contributed by atoms with Gasteiger partial charge >= 0.3 is 5.97 Å². The minimum atomic E-state index is -0.976. The van der Waals surface area contributed by atoms with Crippen molar-refractivity contribution >= 4 is 17.8 Å². The van der Waals surface area contributed by atoms with Crippen molar-refractivity contribution in [2.75, 3.05) is 13.6 Å². The molecule has 2 N–H and O–H groups in total. The number of carboxylic acids is 1. The fourth-order valence-corrected chi connectivity index (χ4v) is 0.914. The summed E-state index contributed by atoms with van der Waals surface area (Å²) < 4.78 is 0. The van der Waals surface area contributed by atoms with E-state index in [-0.39, 0.29) is 12.5 Å². The molecule has 0 bridgehead atoms. The Morgan fingerprint density at radius 3 is 2.77 bits per heavy atom. The van der Waals surface area contributed by atoms with Crippen LogP contribution in [0, 0.1) is 0 Å². The first-order valence-corrected chi connectivity index (χ1v) is 3.82. The van der Waals surface area contributed by atoms with Crippen LogP contribution in [-0.4, -0.2) is 47.5 Å². The van der Waals surface area contributed by atoms with Crippen LogP contribution in [-0.2, 0) is 9.59 Å². The average Bonchev–Trinajstić information content (AvgIpc) is 2.30. The average molecular weight is 185 g/mol. The Hall–Kier alpha value is -1.59. The summed E-state index contributed by atoms with van der Waals surface area (Å²) in [4.78, 5) is 26.4. The number of carboxylic acid groups (broad SMARTS) is 1. The number of hydrogen-bond acceptors (Lipinski definition) is 4. The lowest BCUT2D eigenvalue weighted by molar-refractivity contribution is -0.138. The fraction of sp³-hybridized carbons (Fsp3) is 0.571. The predicted octanol–water partition coefficient (Wildman–Crippen LogP) is -1.12. The van der Waals surface area contributed by atoms with Gasteiger partial charge in [-0.25, -0.2) is 0 Å². The molecule has 6 nitrogen and oxygen atoms in total. The first-order chi connectivity index (χ1) is 6.00. The molecular weight excluding hydrogens is 174 g/mol. The number of hydrogen-bond donors (Lipinski definition) is 2. The van der Waals surface area contributed by atoms with Crippen molar-refractivity contribution in [3.8, 4) is 0 Å². The van der Waals surface area contributed by atoms with Crippen molar-refractivity contribution in [3.05, 3.63) is 0 Å². The van der Waals surface area contributed by atoms with Gasteiger partial charge in [-0.2, -0.15) is 4.99 Å². The molecule has 0 radical (unpaired) electrons. The van der Waals surface area contributed by atoms with E-state index in [2.05, 4.69) is 10.3 Å². The first kappa shape index (κ1) is 9.50. The van der Waals surface area contributed by atoms with Crippen LogP contribution in [0.5, 0.6) is 0 Å². The molecule has 0 saturated heterocycles. The summed E-state index contributed by atoms with van der Waals surface area (Å²) in [6, 6.07) is -0.743. The SMILES string of the molecule is C[C@H](NC1=NC(=O)CN1C)C(=O)O. The van der Waals surface area contributed by atoms with Crippen molar-refractivity contribution < 1.29 is 14.7 Å². The smallest absolute Gasteiger partial charge is 0.325 e. The number of rotatable bonds is 2. The molecule has 13 heavy (non-hydrogen) atoms. The minimum absolute atomic E-state index is 0.203. The van der Waals surface area contributed by atoms with E-state index in [9.17, 15) is 9.59 Å². The third-order valence-corrected chi connectivity index (χ3v) is 1.68. The van der Waals surface area contributed by atoms with Gasteiger partial charge in [-0.15, -0.1) is 0 Å². The molecule has 0 spiro atoms. The summed E-state index contributed by atoms with van der Waals surface area (Å²) in [7, 11) is 1.67. The normalized spacial score (nSPS) is 18.5. The number of nitrogens with zero attached hydrogens (tertiary/aromatic N) is 2. The number of carbonyl (C=O) groups is 2. The quantitative estimate of drug-likeness (QED) is 0.569. The van der Waals surface area contributed by atoms with Crippen molar-refractivity contribution in [1.82, 2.24) is 10.2 Å². The van der Waals surface area contributed by atoms with Crippen molar-refractivity contribution in [2.45, 2.75) is 13.0 Å². The summed E-state index contributed by atoms with van der Waals surface area (Å²) in [5.74, 6) is -0.919. The molecule has 0 fully saturated rings. The number of carbonyl (C=O) groups excluding carboxylic acids is 1. The lowest BCUT2D eigenvalue weighted by atomic mass is 10.3. The van der Waals surface area contributed by atoms with Gasteiger partial charge in [0, 0.05) is 7.05 Å². The maximum absolute atomic E-state index is 10.8. The van der Waals surface area contributed by atoms with Crippen molar-refractivity contribution in [3.63, 3.8) is 0 Å². The topological polar surface area (TPSA) is 82.0 Å². The second kappa shape index (κ2) is 3.42. The molecule has 0 aromatic heterocycles. The zero-order valence-corrected chi connectivity index (χ0v) is 7.44. The van der Waals surface area contributed by atoms with Gasteiger partial charge in [-0.05, 0) is 6.92 Å². The van der Waals surface area contributed by atoms with E-state index in [1.54, 1.807) is 11.9 Å². The van der Waals surface area contributed by atoms with E-state index in [1.165, 1.54) is 6.92 Å². The Labute approximate surface area is 75.2 Å². The van der Waals surface area contributed by atoms with Crippen LogP contribution in [0.2, 0.25) is 0 Å². The zero-order chi connectivity index (χ0) is 10.0. The highest BCUT2D eigenvalue weighted by Gasteiger charge is 2.22. The molecule has 1 aliphatic rings. The Balaban J connectivity index is 2.59. The highest BCUT2D eigenvalue weighted by Crippen LogP contribution is 1.98. The van der Waals surface area contributed by atoms with Crippen LogP contribution in [0.1, 0.15) is 6.92 Å². The monoisotopic (exact) mass is 185 g/mol. The van der Waals surface area contributed by atoms with E-state index in [0.717, 1.165) is 0 Å². The van der Waals surface area contributed by atoms with E-state index in [1.807, 2.05) is 0 Å². The molecule has 6 heteroatoms. The number of likely N-dealkylation sites (N-methyl/N-ethyl adjacent to an activating group) is 1. The van der Waals surface area contributed by atoms with Crippen LogP contribution >= 0.6 is 0 Å². The third-order valence-electron chi connectivity index (χ3n) is 1.68. The number of aliphatic imine (C=N–C) groups is 1. The zero-order valence-electron chi connectivity index (χ0n) is 7.44. The lowest BCUT2D eigenvalue weighted by Crippen LogP contribution is -2.44. The molecule has 72 valence electrons. The maximum atomic E-state index is 10.8. The number of guanidine groups is 1. The van der Waals surface area contributed by atoms with E-state index >= 15 is 0 Å². The van der Waals surface area contributed by atoms with Crippen molar-refractivity contribution in [2.24, 2.45) is 4.99 Å².